The van der Waals surface area contributed by atoms with E-state index < -0.39 is 0 Å². The van der Waals surface area contributed by atoms with Gasteiger partial charge < -0.3 is 19.7 Å². The Morgan fingerprint density at radius 1 is 1.16 bits per heavy atom. The van der Waals surface area contributed by atoms with Gasteiger partial charge in [-0.25, -0.2) is 0 Å². The summed E-state index contributed by atoms with van der Waals surface area (Å²) < 4.78 is 12.0. The first-order valence-electron chi connectivity index (χ1n) is 7.94. The van der Waals surface area contributed by atoms with E-state index in [2.05, 4.69) is 24.2 Å². The predicted octanol–water partition coefficient (Wildman–Crippen LogP) is 1.64. The molecule has 2 fully saturated rings. The maximum absolute atomic E-state index is 6.02. The number of hydrogen-bond donors (Lipinski definition) is 1. The van der Waals surface area contributed by atoms with Gasteiger partial charge in [0, 0.05) is 19.6 Å². The Hall–Kier alpha value is -0.160. The zero-order chi connectivity index (χ0) is 13.5. The molecule has 2 atom stereocenters. The number of ether oxygens (including phenoxy) is 2. The van der Waals surface area contributed by atoms with Crippen molar-refractivity contribution in [1.29, 1.82) is 0 Å². The van der Waals surface area contributed by atoms with Gasteiger partial charge in [-0.3, -0.25) is 0 Å². The molecule has 2 aliphatic rings. The van der Waals surface area contributed by atoms with Gasteiger partial charge in [0.1, 0.15) is 0 Å². The lowest BCUT2D eigenvalue weighted by Crippen LogP contribution is -2.35. The number of piperidine rings is 1. The van der Waals surface area contributed by atoms with Crippen LogP contribution < -0.4 is 5.32 Å². The molecule has 0 aromatic rings. The second kappa shape index (κ2) is 8.20. The Bertz CT molecular complexity index is 242. The lowest BCUT2D eigenvalue weighted by molar-refractivity contribution is -0.0550. The summed E-state index contributed by atoms with van der Waals surface area (Å²) in [5, 5.41) is 3.44. The highest BCUT2D eigenvalue weighted by Gasteiger charge is 2.26. The highest BCUT2D eigenvalue weighted by molar-refractivity contribution is 4.76. The molecule has 0 bridgehead atoms. The highest BCUT2D eigenvalue weighted by atomic mass is 16.5. The van der Waals surface area contributed by atoms with E-state index in [9.17, 15) is 0 Å². The molecule has 2 unspecified atom stereocenters. The number of likely N-dealkylation sites (tertiary alicyclic amines) is 1. The van der Waals surface area contributed by atoms with Crippen molar-refractivity contribution >= 4 is 0 Å². The van der Waals surface area contributed by atoms with Gasteiger partial charge in [-0.15, -0.1) is 0 Å². The molecule has 112 valence electrons. The molecular weight excluding hydrogens is 240 g/mol. The molecule has 0 radical (unpaired) electrons. The second-order valence-electron chi connectivity index (χ2n) is 6.00. The van der Waals surface area contributed by atoms with Crippen LogP contribution in [-0.2, 0) is 9.47 Å². The molecule has 0 spiro atoms. The van der Waals surface area contributed by atoms with E-state index >= 15 is 0 Å². The molecule has 1 N–H and O–H groups in total. The van der Waals surface area contributed by atoms with Crippen molar-refractivity contribution in [2.75, 3.05) is 39.8 Å². The van der Waals surface area contributed by atoms with Crippen molar-refractivity contribution in [1.82, 2.24) is 10.2 Å². The first-order chi connectivity index (χ1) is 9.28. The normalized spacial score (nSPS) is 30.0. The average molecular weight is 270 g/mol. The van der Waals surface area contributed by atoms with Crippen molar-refractivity contribution in [2.45, 2.75) is 57.3 Å². The standard InChI is InChI=1S/C15H30N2O2/c1-3-8-16-11-14-4-5-15(19-14)12-18-13-6-9-17(2)10-7-13/h13-16H,3-12H2,1-2H3. The Balaban J connectivity index is 1.55. The van der Waals surface area contributed by atoms with Crippen LogP contribution in [-0.4, -0.2) is 63.0 Å². The lowest BCUT2D eigenvalue weighted by atomic mass is 10.1. The van der Waals surface area contributed by atoms with Crippen molar-refractivity contribution < 1.29 is 9.47 Å². The average Bonchev–Trinajstić information content (AvgIpc) is 2.86. The summed E-state index contributed by atoms with van der Waals surface area (Å²) in [4.78, 5) is 2.38. The third-order valence-corrected chi connectivity index (χ3v) is 4.18. The van der Waals surface area contributed by atoms with E-state index in [1.54, 1.807) is 0 Å². The van der Waals surface area contributed by atoms with Crippen LogP contribution in [0.3, 0.4) is 0 Å². The van der Waals surface area contributed by atoms with Gasteiger partial charge in [0.2, 0.25) is 0 Å². The van der Waals surface area contributed by atoms with E-state index in [0.717, 1.165) is 26.1 Å². The van der Waals surface area contributed by atoms with E-state index in [1.807, 2.05) is 0 Å². The number of hydrogen-bond acceptors (Lipinski definition) is 4. The van der Waals surface area contributed by atoms with Gasteiger partial charge in [0.05, 0.1) is 24.9 Å². The van der Waals surface area contributed by atoms with Crippen LogP contribution in [0.4, 0.5) is 0 Å². The van der Waals surface area contributed by atoms with Crippen LogP contribution in [0.15, 0.2) is 0 Å². The molecule has 2 aliphatic heterocycles. The summed E-state index contributed by atoms with van der Waals surface area (Å²) in [6.07, 6.45) is 7.05. The number of nitrogens with zero attached hydrogens (tertiary/aromatic N) is 1. The Labute approximate surface area is 117 Å². The number of nitrogens with one attached hydrogen (secondary N) is 1. The maximum Gasteiger partial charge on any atom is 0.0814 e. The maximum atomic E-state index is 6.02. The highest BCUT2D eigenvalue weighted by Crippen LogP contribution is 2.21. The quantitative estimate of drug-likeness (QED) is 0.713. The van der Waals surface area contributed by atoms with Gasteiger partial charge >= 0.3 is 0 Å². The first kappa shape index (κ1) is 15.2. The molecule has 19 heavy (non-hydrogen) atoms. The molecule has 0 saturated carbocycles. The molecule has 2 rings (SSSR count). The van der Waals surface area contributed by atoms with Crippen LogP contribution in [0.1, 0.15) is 39.0 Å². The van der Waals surface area contributed by atoms with Gasteiger partial charge in [-0.05, 0) is 45.7 Å². The Kier molecular flexibility index (Phi) is 6.57. The van der Waals surface area contributed by atoms with E-state index in [-0.39, 0.29) is 0 Å². The van der Waals surface area contributed by atoms with Crippen molar-refractivity contribution in [2.24, 2.45) is 0 Å². The molecule has 4 heteroatoms. The van der Waals surface area contributed by atoms with Crippen molar-refractivity contribution in [3.63, 3.8) is 0 Å². The van der Waals surface area contributed by atoms with Gasteiger partial charge in [-0.2, -0.15) is 0 Å². The minimum atomic E-state index is 0.327. The van der Waals surface area contributed by atoms with Crippen LogP contribution in [0.25, 0.3) is 0 Å². The summed E-state index contributed by atoms with van der Waals surface area (Å²) in [7, 11) is 2.18. The van der Waals surface area contributed by atoms with Crippen molar-refractivity contribution in [3.05, 3.63) is 0 Å². The lowest BCUT2D eigenvalue weighted by Gasteiger charge is -2.29. The van der Waals surface area contributed by atoms with Gasteiger partial charge in [0.25, 0.3) is 0 Å². The number of rotatable bonds is 7. The smallest absolute Gasteiger partial charge is 0.0814 e. The van der Waals surface area contributed by atoms with Gasteiger partial charge in [-0.1, -0.05) is 6.92 Å². The SMILES string of the molecule is CCCNCC1CCC(COC2CCN(C)CC2)O1. The first-order valence-corrected chi connectivity index (χ1v) is 7.94. The monoisotopic (exact) mass is 270 g/mol. The largest absolute Gasteiger partial charge is 0.375 e. The third kappa shape index (κ3) is 5.38. The molecule has 2 saturated heterocycles. The molecule has 0 aromatic carbocycles. The van der Waals surface area contributed by atoms with Crippen LogP contribution >= 0.6 is 0 Å². The minimum Gasteiger partial charge on any atom is -0.375 e. The van der Waals surface area contributed by atoms with Crippen LogP contribution in [0.5, 0.6) is 0 Å². The summed E-state index contributed by atoms with van der Waals surface area (Å²) in [5.74, 6) is 0. The Morgan fingerprint density at radius 2 is 1.89 bits per heavy atom. The molecule has 0 aromatic heterocycles. The summed E-state index contributed by atoms with van der Waals surface area (Å²) in [5.41, 5.74) is 0. The molecule has 0 amide bonds. The molecule has 2 heterocycles. The predicted molar refractivity (Wildman–Crippen MR) is 77.5 cm³/mol. The zero-order valence-corrected chi connectivity index (χ0v) is 12.6. The minimum absolute atomic E-state index is 0.327. The van der Waals surface area contributed by atoms with Crippen LogP contribution in [0, 0.1) is 0 Å². The Morgan fingerprint density at radius 3 is 2.63 bits per heavy atom. The molecular formula is C15H30N2O2. The van der Waals surface area contributed by atoms with Crippen molar-refractivity contribution in [3.8, 4) is 0 Å². The van der Waals surface area contributed by atoms with Crippen LogP contribution in [0.2, 0.25) is 0 Å². The topological polar surface area (TPSA) is 33.7 Å². The zero-order valence-electron chi connectivity index (χ0n) is 12.6. The fourth-order valence-corrected chi connectivity index (χ4v) is 2.89. The summed E-state index contributed by atoms with van der Waals surface area (Å²) in [6, 6.07) is 0. The summed E-state index contributed by atoms with van der Waals surface area (Å²) >= 11 is 0. The third-order valence-electron chi connectivity index (χ3n) is 4.18. The fraction of sp³-hybridized carbons (Fsp3) is 1.00. The van der Waals surface area contributed by atoms with E-state index in [4.69, 9.17) is 9.47 Å². The summed E-state index contributed by atoms with van der Waals surface area (Å²) in [6.45, 7) is 7.41. The van der Waals surface area contributed by atoms with E-state index in [0.29, 0.717) is 18.3 Å². The second-order valence-corrected chi connectivity index (χ2v) is 6.00. The molecule has 0 aliphatic carbocycles. The fourth-order valence-electron chi connectivity index (χ4n) is 2.89. The van der Waals surface area contributed by atoms with E-state index in [1.165, 1.54) is 38.8 Å². The van der Waals surface area contributed by atoms with Gasteiger partial charge in [0.15, 0.2) is 0 Å². The molecule has 4 nitrogen and oxygen atoms in total.